The first-order chi connectivity index (χ1) is 14.9. The van der Waals surface area contributed by atoms with E-state index in [0.717, 1.165) is 28.8 Å². The molecule has 0 radical (unpaired) electrons. The molecule has 4 nitrogen and oxygen atoms in total. The van der Waals surface area contributed by atoms with Gasteiger partial charge >= 0.3 is 12.3 Å². The molecule has 4 rings (SSSR count). The standard InChI is InChI=1S/C24H20F3NO3/c25-24(26,27)19-11-9-17(10-12-19)21-8-4-7-18-13-20(31-22(18)21)14-28-23(29)30-15-16-5-2-1-3-6-16/h1-12,20H,13-15H2,(H,28,29). The molecule has 0 bridgehead atoms. The number of benzene rings is 3. The van der Waals surface area contributed by atoms with Gasteiger partial charge in [-0.1, -0.05) is 60.7 Å². The number of hydrogen-bond donors (Lipinski definition) is 1. The highest BCUT2D eigenvalue weighted by Crippen LogP contribution is 2.39. The molecule has 1 aliphatic rings. The molecule has 1 amide bonds. The van der Waals surface area contributed by atoms with Crippen molar-refractivity contribution in [2.75, 3.05) is 6.54 Å². The normalized spacial score (nSPS) is 15.1. The van der Waals surface area contributed by atoms with Crippen LogP contribution in [0.1, 0.15) is 16.7 Å². The zero-order valence-electron chi connectivity index (χ0n) is 16.5. The lowest BCUT2D eigenvalue weighted by Gasteiger charge is -2.14. The van der Waals surface area contributed by atoms with Gasteiger partial charge in [0.15, 0.2) is 0 Å². The molecule has 1 heterocycles. The molecule has 0 aromatic heterocycles. The molecule has 1 atom stereocenters. The monoisotopic (exact) mass is 427 g/mol. The number of alkyl carbamates (subject to hydrolysis) is 1. The predicted octanol–water partition coefficient (Wildman–Crippen LogP) is 5.60. The van der Waals surface area contributed by atoms with E-state index in [1.807, 2.05) is 48.5 Å². The van der Waals surface area contributed by atoms with Crippen molar-refractivity contribution < 1.29 is 27.4 Å². The Balaban J connectivity index is 1.36. The summed E-state index contributed by atoms with van der Waals surface area (Å²) in [6.07, 6.45) is -4.61. The van der Waals surface area contributed by atoms with Crippen LogP contribution in [0.5, 0.6) is 5.75 Å². The second-order valence-corrected chi connectivity index (χ2v) is 7.26. The van der Waals surface area contributed by atoms with Crippen LogP contribution in [0.15, 0.2) is 72.8 Å². The van der Waals surface area contributed by atoms with E-state index in [9.17, 15) is 18.0 Å². The number of amides is 1. The lowest BCUT2D eigenvalue weighted by Crippen LogP contribution is -2.34. The minimum Gasteiger partial charge on any atom is -0.487 e. The topological polar surface area (TPSA) is 47.6 Å². The van der Waals surface area contributed by atoms with Crippen LogP contribution in [0.4, 0.5) is 18.0 Å². The molecule has 7 heteroatoms. The highest BCUT2D eigenvalue weighted by molar-refractivity contribution is 5.73. The SMILES string of the molecule is O=C(NCC1Cc2cccc(-c3ccc(C(F)(F)F)cc3)c2O1)OCc1ccccc1. The van der Waals surface area contributed by atoms with E-state index < -0.39 is 17.8 Å². The summed E-state index contributed by atoms with van der Waals surface area (Å²) in [5.74, 6) is 0.631. The van der Waals surface area contributed by atoms with E-state index in [0.29, 0.717) is 17.7 Å². The second kappa shape index (κ2) is 8.71. The summed E-state index contributed by atoms with van der Waals surface area (Å²) in [6, 6.07) is 19.9. The van der Waals surface area contributed by atoms with Crippen LogP contribution in [0.2, 0.25) is 0 Å². The Morgan fingerprint density at radius 2 is 1.74 bits per heavy atom. The van der Waals surface area contributed by atoms with E-state index in [2.05, 4.69) is 5.32 Å². The number of hydrogen-bond acceptors (Lipinski definition) is 3. The highest BCUT2D eigenvalue weighted by atomic mass is 19.4. The molecule has 160 valence electrons. The van der Waals surface area contributed by atoms with Crippen LogP contribution in [-0.4, -0.2) is 18.7 Å². The maximum Gasteiger partial charge on any atom is 0.416 e. The molecular formula is C24H20F3NO3. The van der Waals surface area contributed by atoms with Crippen molar-refractivity contribution in [2.45, 2.75) is 25.3 Å². The third kappa shape index (κ3) is 4.99. The summed E-state index contributed by atoms with van der Waals surface area (Å²) in [6.45, 7) is 0.436. The summed E-state index contributed by atoms with van der Waals surface area (Å²) in [5, 5.41) is 2.70. The Kier molecular flexibility index (Phi) is 5.84. The summed E-state index contributed by atoms with van der Waals surface area (Å²) >= 11 is 0. The first-order valence-corrected chi connectivity index (χ1v) is 9.81. The number of rotatable bonds is 5. The summed E-state index contributed by atoms with van der Waals surface area (Å²) in [5.41, 5.74) is 2.51. The Bertz CT molecular complexity index is 1050. The number of fused-ring (bicyclic) bond motifs is 1. The van der Waals surface area contributed by atoms with Crippen LogP contribution in [0, 0.1) is 0 Å². The fraction of sp³-hybridized carbons (Fsp3) is 0.208. The van der Waals surface area contributed by atoms with Crippen molar-refractivity contribution in [3.63, 3.8) is 0 Å². The maximum absolute atomic E-state index is 12.8. The fourth-order valence-corrected chi connectivity index (χ4v) is 3.49. The number of nitrogens with one attached hydrogen (secondary N) is 1. The fourth-order valence-electron chi connectivity index (χ4n) is 3.49. The number of carbonyl (C=O) groups excluding carboxylic acids is 1. The summed E-state index contributed by atoms with van der Waals surface area (Å²) < 4.78 is 49.7. The van der Waals surface area contributed by atoms with Gasteiger partial charge in [-0.3, -0.25) is 0 Å². The molecule has 1 N–H and O–H groups in total. The van der Waals surface area contributed by atoms with E-state index in [1.165, 1.54) is 12.1 Å². The van der Waals surface area contributed by atoms with Gasteiger partial charge in [0, 0.05) is 12.0 Å². The minimum atomic E-state index is -4.38. The number of ether oxygens (including phenoxy) is 2. The number of para-hydroxylation sites is 1. The van der Waals surface area contributed by atoms with Crippen molar-refractivity contribution in [2.24, 2.45) is 0 Å². The van der Waals surface area contributed by atoms with Crippen LogP contribution >= 0.6 is 0 Å². The van der Waals surface area contributed by atoms with Crippen molar-refractivity contribution in [3.8, 4) is 16.9 Å². The predicted molar refractivity (Wildman–Crippen MR) is 110 cm³/mol. The number of halogens is 3. The molecule has 0 saturated carbocycles. The number of carbonyl (C=O) groups is 1. The van der Waals surface area contributed by atoms with Crippen molar-refractivity contribution in [3.05, 3.63) is 89.5 Å². The van der Waals surface area contributed by atoms with Gasteiger partial charge in [0.25, 0.3) is 0 Å². The molecule has 31 heavy (non-hydrogen) atoms. The highest BCUT2D eigenvalue weighted by Gasteiger charge is 2.30. The Morgan fingerprint density at radius 1 is 1.00 bits per heavy atom. The molecule has 1 unspecified atom stereocenters. The first-order valence-electron chi connectivity index (χ1n) is 9.81. The third-order valence-corrected chi connectivity index (χ3v) is 5.04. The van der Waals surface area contributed by atoms with Crippen LogP contribution in [0.3, 0.4) is 0 Å². The molecule has 0 spiro atoms. The largest absolute Gasteiger partial charge is 0.487 e. The van der Waals surface area contributed by atoms with E-state index in [1.54, 1.807) is 0 Å². The third-order valence-electron chi connectivity index (χ3n) is 5.04. The van der Waals surface area contributed by atoms with Crippen molar-refractivity contribution in [1.82, 2.24) is 5.32 Å². The molecule has 0 fully saturated rings. The Hall–Kier alpha value is -3.48. The molecule has 1 aliphatic heterocycles. The van der Waals surface area contributed by atoms with E-state index in [-0.39, 0.29) is 19.3 Å². The van der Waals surface area contributed by atoms with E-state index in [4.69, 9.17) is 9.47 Å². The van der Waals surface area contributed by atoms with Crippen molar-refractivity contribution >= 4 is 6.09 Å². The van der Waals surface area contributed by atoms with Gasteiger partial charge in [0.2, 0.25) is 0 Å². The van der Waals surface area contributed by atoms with Crippen LogP contribution in [0.25, 0.3) is 11.1 Å². The smallest absolute Gasteiger partial charge is 0.416 e. The first kappa shape index (κ1) is 20.8. The molecule has 0 aliphatic carbocycles. The van der Waals surface area contributed by atoms with Gasteiger partial charge in [0.1, 0.15) is 18.5 Å². The molecule has 0 saturated heterocycles. The molecule has 3 aromatic rings. The molecular weight excluding hydrogens is 407 g/mol. The summed E-state index contributed by atoms with van der Waals surface area (Å²) in [7, 11) is 0. The van der Waals surface area contributed by atoms with Crippen molar-refractivity contribution in [1.29, 1.82) is 0 Å². The average molecular weight is 427 g/mol. The van der Waals surface area contributed by atoms with Gasteiger partial charge in [-0.2, -0.15) is 13.2 Å². The Morgan fingerprint density at radius 3 is 2.45 bits per heavy atom. The maximum atomic E-state index is 12.8. The second-order valence-electron chi connectivity index (χ2n) is 7.26. The van der Waals surface area contributed by atoms with E-state index >= 15 is 0 Å². The average Bonchev–Trinajstić information content (AvgIpc) is 3.20. The zero-order chi connectivity index (χ0) is 21.8. The van der Waals surface area contributed by atoms with Gasteiger partial charge in [-0.25, -0.2) is 4.79 Å². The van der Waals surface area contributed by atoms with Gasteiger partial charge in [0.05, 0.1) is 12.1 Å². The lowest BCUT2D eigenvalue weighted by molar-refractivity contribution is -0.137. The van der Waals surface area contributed by atoms with Crippen LogP contribution in [-0.2, 0) is 23.9 Å². The molecule has 3 aromatic carbocycles. The van der Waals surface area contributed by atoms with Gasteiger partial charge in [-0.15, -0.1) is 0 Å². The lowest BCUT2D eigenvalue weighted by atomic mass is 9.99. The Labute approximate surface area is 177 Å². The van der Waals surface area contributed by atoms with Gasteiger partial charge in [-0.05, 0) is 28.8 Å². The zero-order valence-corrected chi connectivity index (χ0v) is 16.5. The quantitative estimate of drug-likeness (QED) is 0.576. The number of alkyl halides is 3. The van der Waals surface area contributed by atoms with Crippen LogP contribution < -0.4 is 10.1 Å². The minimum absolute atomic E-state index is 0.177. The van der Waals surface area contributed by atoms with Gasteiger partial charge < -0.3 is 14.8 Å². The summed E-state index contributed by atoms with van der Waals surface area (Å²) in [4.78, 5) is 12.0.